The van der Waals surface area contributed by atoms with E-state index in [1.807, 2.05) is 0 Å². The van der Waals surface area contributed by atoms with E-state index in [0.717, 1.165) is 19.3 Å². The lowest BCUT2D eigenvalue weighted by Gasteiger charge is -2.21. The van der Waals surface area contributed by atoms with Crippen molar-refractivity contribution in [1.82, 2.24) is 5.32 Å². The number of rotatable bonds is 5. The van der Waals surface area contributed by atoms with Gasteiger partial charge >= 0.3 is 5.97 Å². The third kappa shape index (κ3) is 2.88. The van der Waals surface area contributed by atoms with Crippen LogP contribution in [0.25, 0.3) is 0 Å². The van der Waals surface area contributed by atoms with Gasteiger partial charge in [-0.1, -0.05) is 23.8 Å². The molecule has 2 N–H and O–H groups in total. The average molecular weight is 291 g/mol. The third-order valence-electron chi connectivity index (χ3n) is 4.62. The molecule has 114 valence electrons. The Labute approximate surface area is 124 Å². The average Bonchev–Trinajstić information content (AvgIpc) is 3.08. The highest BCUT2D eigenvalue weighted by molar-refractivity contribution is 5.87. The van der Waals surface area contributed by atoms with Gasteiger partial charge in [0.15, 0.2) is 0 Å². The van der Waals surface area contributed by atoms with Crippen LogP contribution < -0.4 is 5.32 Å². The van der Waals surface area contributed by atoms with Gasteiger partial charge in [0.25, 0.3) is 0 Å². The number of ether oxygens (including phenoxy) is 1. The molecule has 2 heterocycles. The third-order valence-corrected chi connectivity index (χ3v) is 4.62. The molecule has 0 aromatic heterocycles. The lowest BCUT2D eigenvalue weighted by molar-refractivity contribution is -0.146. The Morgan fingerprint density at radius 1 is 1.24 bits per heavy atom. The van der Waals surface area contributed by atoms with E-state index in [9.17, 15) is 14.7 Å². The van der Waals surface area contributed by atoms with Crippen molar-refractivity contribution in [1.29, 1.82) is 0 Å². The molecule has 21 heavy (non-hydrogen) atoms. The Kier molecular flexibility index (Phi) is 4.10. The van der Waals surface area contributed by atoms with Crippen molar-refractivity contribution >= 4 is 11.9 Å². The number of allylic oxidation sites excluding steroid dienone is 1. The number of hydrogen-bond acceptors (Lipinski definition) is 3. The van der Waals surface area contributed by atoms with E-state index < -0.39 is 23.9 Å². The Morgan fingerprint density at radius 2 is 2.00 bits per heavy atom. The van der Waals surface area contributed by atoms with E-state index in [1.54, 1.807) is 12.2 Å². The van der Waals surface area contributed by atoms with E-state index in [4.69, 9.17) is 4.74 Å². The van der Waals surface area contributed by atoms with Gasteiger partial charge in [0.2, 0.25) is 5.91 Å². The van der Waals surface area contributed by atoms with Crippen molar-refractivity contribution < 1.29 is 19.4 Å². The van der Waals surface area contributed by atoms with Gasteiger partial charge in [-0.2, -0.15) is 0 Å². The number of fused-ring (bicyclic) bond motifs is 2. The molecule has 1 fully saturated rings. The second-order valence-corrected chi connectivity index (χ2v) is 5.99. The van der Waals surface area contributed by atoms with Crippen molar-refractivity contribution in [3.05, 3.63) is 23.8 Å². The Balaban J connectivity index is 1.54. The highest BCUT2D eigenvalue weighted by Gasteiger charge is 2.53. The maximum Gasteiger partial charge on any atom is 0.310 e. The van der Waals surface area contributed by atoms with Crippen molar-refractivity contribution in [2.24, 2.45) is 11.8 Å². The van der Waals surface area contributed by atoms with Crippen LogP contribution in [0.1, 0.15) is 32.1 Å². The van der Waals surface area contributed by atoms with Crippen LogP contribution in [0.5, 0.6) is 0 Å². The molecule has 3 aliphatic rings. The molecule has 0 saturated carbocycles. The number of carboxylic acid groups (broad SMARTS) is 1. The molecular formula is C16H21NO4. The predicted molar refractivity (Wildman–Crippen MR) is 76.6 cm³/mol. The Hall–Kier alpha value is -1.62. The molecule has 1 amide bonds. The van der Waals surface area contributed by atoms with Gasteiger partial charge in [-0.3, -0.25) is 9.59 Å². The molecule has 2 bridgehead atoms. The van der Waals surface area contributed by atoms with Gasteiger partial charge < -0.3 is 15.2 Å². The summed E-state index contributed by atoms with van der Waals surface area (Å²) in [5.41, 5.74) is 1.40. The van der Waals surface area contributed by atoms with Gasteiger partial charge in [-0.25, -0.2) is 0 Å². The molecule has 0 spiro atoms. The number of amides is 1. The highest BCUT2D eigenvalue weighted by Crippen LogP contribution is 2.39. The molecule has 1 saturated heterocycles. The molecule has 0 radical (unpaired) electrons. The van der Waals surface area contributed by atoms with E-state index in [2.05, 4.69) is 11.4 Å². The van der Waals surface area contributed by atoms with Crippen molar-refractivity contribution in [3.63, 3.8) is 0 Å². The Bertz CT molecular complexity index is 497. The second kappa shape index (κ2) is 6.02. The number of carbonyl (C=O) groups excluding carboxylic acids is 1. The maximum absolute atomic E-state index is 12.3. The molecule has 1 aliphatic carbocycles. The maximum atomic E-state index is 12.3. The number of aliphatic carboxylic acids is 1. The largest absolute Gasteiger partial charge is 0.481 e. The fraction of sp³-hybridized carbons (Fsp3) is 0.625. The summed E-state index contributed by atoms with van der Waals surface area (Å²) in [6, 6.07) is 0. The number of nitrogens with one attached hydrogen (secondary N) is 1. The minimum Gasteiger partial charge on any atom is -0.481 e. The molecule has 5 heteroatoms. The molecule has 0 unspecified atom stereocenters. The summed E-state index contributed by atoms with van der Waals surface area (Å²) >= 11 is 0. The monoisotopic (exact) mass is 291 g/mol. The fourth-order valence-corrected chi connectivity index (χ4v) is 3.51. The summed E-state index contributed by atoms with van der Waals surface area (Å²) in [7, 11) is 0. The van der Waals surface area contributed by atoms with Crippen LogP contribution in [0.4, 0.5) is 0 Å². The summed E-state index contributed by atoms with van der Waals surface area (Å²) in [5, 5.41) is 12.2. The zero-order chi connectivity index (χ0) is 14.8. The molecule has 4 atom stereocenters. The number of hydrogen-bond donors (Lipinski definition) is 2. The summed E-state index contributed by atoms with van der Waals surface area (Å²) in [5.74, 6) is -2.51. The van der Waals surface area contributed by atoms with E-state index in [1.165, 1.54) is 18.4 Å². The predicted octanol–water partition coefficient (Wildman–Crippen LogP) is 1.65. The van der Waals surface area contributed by atoms with Gasteiger partial charge in [0.1, 0.15) is 5.92 Å². The zero-order valence-corrected chi connectivity index (χ0v) is 12.0. The summed E-state index contributed by atoms with van der Waals surface area (Å²) in [4.78, 5) is 23.6. The normalized spacial score (nSPS) is 33.8. The first kappa shape index (κ1) is 14.3. The number of carboxylic acids is 1. The molecule has 3 rings (SSSR count). The van der Waals surface area contributed by atoms with Crippen LogP contribution in [0.15, 0.2) is 23.8 Å². The van der Waals surface area contributed by atoms with Crippen LogP contribution in [0.2, 0.25) is 0 Å². The van der Waals surface area contributed by atoms with Crippen LogP contribution in [-0.2, 0) is 14.3 Å². The van der Waals surface area contributed by atoms with Crippen LogP contribution in [0.3, 0.4) is 0 Å². The van der Waals surface area contributed by atoms with Gasteiger partial charge in [0, 0.05) is 6.54 Å². The molecule has 0 aromatic rings. The van der Waals surface area contributed by atoms with Crippen molar-refractivity contribution in [3.8, 4) is 0 Å². The molecule has 5 nitrogen and oxygen atoms in total. The quantitative estimate of drug-likeness (QED) is 0.755. The van der Waals surface area contributed by atoms with Crippen molar-refractivity contribution in [2.75, 3.05) is 6.54 Å². The fourth-order valence-electron chi connectivity index (χ4n) is 3.51. The van der Waals surface area contributed by atoms with E-state index >= 15 is 0 Å². The van der Waals surface area contributed by atoms with Crippen molar-refractivity contribution in [2.45, 2.75) is 44.3 Å². The SMILES string of the molecule is O=C(O)[C@@H]1[C@@H](C(=O)NCCC2=CCCCC2)[C@H]2C=C[C@@H]1O2. The smallest absolute Gasteiger partial charge is 0.310 e. The van der Waals surface area contributed by atoms with Crippen LogP contribution in [-0.4, -0.2) is 35.7 Å². The molecule has 0 aromatic carbocycles. The minimum atomic E-state index is -0.956. The second-order valence-electron chi connectivity index (χ2n) is 5.99. The first-order valence-corrected chi connectivity index (χ1v) is 7.69. The van der Waals surface area contributed by atoms with Gasteiger partial charge in [-0.15, -0.1) is 0 Å². The summed E-state index contributed by atoms with van der Waals surface area (Å²) in [6.07, 6.45) is 10.6. The zero-order valence-electron chi connectivity index (χ0n) is 12.0. The molecular weight excluding hydrogens is 270 g/mol. The summed E-state index contributed by atoms with van der Waals surface area (Å²) < 4.78 is 5.51. The Morgan fingerprint density at radius 3 is 2.67 bits per heavy atom. The lowest BCUT2D eigenvalue weighted by atomic mass is 9.82. The van der Waals surface area contributed by atoms with E-state index in [0.29, 0.717) is 6.54 Å². The molecule has 2 aliphatic heterocycles. The summed E-state index contributed by atoms with van der Waals surface area (Å²) in [6.45, 7) is 0.578. The van der Waals surface area contributed by atoms with E-state index in [-0.39, 0.29) is 12.0 Å². The van der Waals surface area contributed by atoms with Crippen LogP contribution in [0, 0.1) is 11.8 Å². The topological polar surface area (TPSA) is 75.6 Å². The standard InChI is InChI=1S/C16H21NO4/c18-15(17-9-8-10-4-2-1-3-5-10)13-11-6-7-12(21-11)14(13)16(19)20/h4,6-7,11-14H,1-3,5,8-9H2,(H,17,18)(H,19,20)/t11-,12+,13+,14+/m1/s1. The number of carbonyl (C=O) groups is 2. The minimum absolute atomic E-state index is 0.198. The lowest BCUT2D eigenvalue weighted by Crippen LogP contribution is -2.42. The first-order chi connectivity index (χ1) is 10.2. The highest BCUT2D eigenvalue weighted by atomic mass is 16.5. The van der Waals surface area contributed by atoms with Gasteiger partial charge in [0.05, 0.1) is 18.1 Å². The first-order valence-electron chi connectivity index (χ1n) is 7.69. The van der Waals surface area contributed by atoms with Crippen LogP contribution >= 0.6 is 0 Å². The van der Waals surface area contributed by atoms with Gasteiger partial charge in [-0.05, 0) is 32.1 Å².